The molecule has 0 saturated heterocycles. The quantitative estimate of drug-likeness (QED) is 0.402. The van der Waals surface area contributed by atoms with E-state index in [2.05, 4.69) is 29.0 Å². The minimum Gasteiger partial charge on any atom is -0.283 e. The first-order chi connectivity index (χ1) is 14.1. The second-order valence-corrected chi connectivity index (χ2v) is 8.24. The number of aryl methyl sites for hydroxylation is 1. The number of nitrogens with zero attached hydrogens (tertiary/aromatic N) is 3. The van der Waals surface area contributed by atoms with E-state index >= 15 is 0 Å². The molecular weight excluding hydrogens is 402 g/mol. The van der Waals surface area contributed by atoms with E-state index in [0.29, 0.717) is 23.1 Å². The molecule has 0 fully saturated rings. The van der Waals surface area contributed by atoms with Gasteiger partial charge in [-0.1, -0.05) is 60.2 Å². The number of anilines is 1. The highest BCUT2D eigenvalue weighted by atomic mass is 35.5. The molecule has 0 saturated carbocycles. The first-order valence-corrected chi connectivity index (χ1v) is 10.6. The molecular formula is C23H20ClN3OS. The summed E-state index contributed by atoms with van der Waals surface area (Å²) in [7, 11) is 0. The number of pyridine rings is 1. The predicted octanol–water partition coefficient (Wildman–Crippen LogP) is 5.68. The Balaban J connectivity index is 1.65. The molecule has 0 aliphatic heterocycles. The van der Waals surface area contributed by atoms with Gasteiger partial charge in [-0.25, -0.2) is 4.98 Å². The molecule has 1 amide bonds. The molecule has 2 aromatic carbocycles. The van der Waals surface area contributed by atoms with Crippen LogP contribution in [0.3, 0.4) is 0 Å². The summed E-state index contributed by atoms with van der Waals surface area (Å²) in [6.07, 6.45) is 4.81. The first-order valence-electron chi connectivity index (χ1n) is 9.45. The maximum Gasteiger partial charge on any atom is 0.233 e. The molecule has 0 spiro atoms. The maximum absolute atomic E-state index is 13.3. The van der Waals surface area contributed by atoms with Crippen LogP contribution in [0.5, 0.6) is 0 Å². The molecule has 2 heterocycles. The summed E-state index contributed by atoms with van der Waals surface area (Å²) in [6.45, 7) is 2.54. The smallest absolute Gasteiger partial charge is 0.233 e. The lowest BCUT2D eigenvalue weighted by Crippen LogP contribution is -2.31. The largest absolute Gasteiger partial charge is 0.283 e. The molecule has 0 bridgehead atoms. The molecule has 6 heteroatoms. The average molecular weight is 422 g/mol. The number of aromatic nitrogens is 2. The number of halogens is 1. The van der Waals surface area contributed by atoms with Crippen molar-refractivity contribution in [3.05, 3.63) is 88.7 Å². The Labute approximate surface area is 178 Å². The summed E-state index contributed by atoms with van der Waals surface area (Å²) < 4.78 is 0.962. The molecule has 0 atom stereocenters. The van der Waals surface area contributed by atoms with Crippen molar-refractivity contribution in [1.29, 1.82) is 0 Å². The Hall–Kier alpha value is -2.76. The Morgan fingerprint density at radius 3 is 2.59 bits per heavy atom. The minimum absolute atomic E-state index is 0.00301. The zero-order valence-corrected chi connectivity index (χ0v) is 17.6. The second kappa shape index (κ2) is 8.72. The SMILES string of the molecule is CCc1ccc(CC(=O)N(Cc2cccnc2)c2nc3ccc(Cl)cc3s2)cc1. The third-order valence-corrected chi connectivity index (χ3v) is 6.00. The topological polar surface area (TPSA) is 46.1 Å². The summed E-state index contributed by atoms with van der Waals surface area (Å²) >= 11 is 7.59. The molecule has 2 aromatic heterocycles. The highest BCUT2D eigenvalue weighted by Crippen LogP contribution is 2.32. The van der Waals surface area contributed by atoms with Gasteiger partial charge < -0.3 is 0 Å². The normalized spacial score (nSPS) is 11.0. The third kappa shape index (κ3) is 4.63. The van der Waals surface area contributed by atoms with Crippen LogP contribution in [-0.2, 0) is 24.2 Å². The van der Waals surface area contributed by atoms with Gasteiger partial charge in [0.1, 0.15) is 0 Å². The zero-order chi connectivity index (χ0) is 20.2. The van der Waals surface area contributed by atoms with Crippen LogP contribution < -0.4 is 4.90 Å². The van der Waals surface area contributed by atoms with E-state index in [-0.39, 0.29) is 5.91 Å². The van der Waals surface area contributed by atoms with Gasteiger partial charge in [-0.05, 0) is 47.4 Å². The van der Waals surface area contributed by atoms with Gasteiger partial charge in [-0.3, -0.25) is 14.7 Å². The Morgan fingerprint density at radius 2 is 1.86 bits per heavy atom. The molecule has 4 aromatic rings. The van der Waals surface area contributed by atoms with E-state index in [9.17, 15) is 4.79 Å². The van der Waals surface area contributed by atoms with Gasteiger partial charge in [0.15, 0.2) is 5.13 Å². The van der Waals surface area contributed by atoms with Crippen molar-refractivity contribution in [3.8, 4) is 0 Å². The summed E-state index contributed by atoms with van der Waals surface area (Å²) in [6, 6.07) is 17.6. The molecule has 0 radical (unpaired) electrons. The molecule has 146 valence electrons. The fourth-order valence-electron chi connectivity index (χ4n) is 3.10. The van der Waals surface area contributed by atoms with Crippen molar-refractivity contribution in [1.82, 2.24) is 9.97 Å². The number of thiazole rings is 1. The van der Waals surface area contributed by atoms with E-state index in [1.54, 1.807) is 17.3 Å². The van der Waals surface area contributed by atoms with Gasteiger partial charge in [0.05, 0.1) is 23.2 Å². The maximum atomic E-state index is 13.3. The number of hydrogen-bond acceptors (Lipinski definition) is 4. The van der Waals surface area contributed by atoms with Crippen molar-refractivity contribution >= 4 is 44.2 Å². The molecule has 0 aliphatic rings. The number of fused-ring (bicyclic) bond motifs is 1. The van der Waals surface area contributed by atoms with Crippen molar-refractivity contribution in [2.75, 3.05) is 4.90 Å². The van der Waals surface area contributed by atoms with Gasteiger partial charge in [0, 0.05) is 17.4 Å². The van der Waals surface area contributed by atoms with Gasteiger partial charge >= 0.3 is 0 Å². The number of hydrogen-bond donors (Lipinski definition) is 0. The van der Waals surface area contributed by atoms with Crippen LogP contribution in [0.4, 0.5) is 5.13 Å². The molecule has 0 aliphatic carbocycles. The minimum atomic E-state index is 0.00301. The predicted molar refractivity (Wildman–Crippen MR) is 120 cm³/mol. The van der Waals surface area contributed by atoms with Crippen molar-refractivity contribution < 1.29 is 4.79 Å². The second-order valence-electron chi connectivity index (χ2n) is 6.80. The van der Waals surface area contributed by atoms with Gasteiger partial charge in [-0.2, -0.15) is 0 Å². The molecule has 4 nitrogen and oxygen atoms in total. The Morgan fingerprint density at radius 1 is 1.07 bits per heavy atom. The lowest BCUT2D eigenvalue weighted by Gasteiger charge is -2.20. The lowest BCUT2D eigenvalue weighted by molar-refractivity contribution is -0.118. The van der Waals surface area contributed by atoms with Crippen molar-refractivity contribution in [2.45, 2.75) is 26.3 Å². The summed E-state index contributed by atoms with van der Waals surface area (Å²) in [5.74, 6) is 0.00301. The van der Waals surface area contributed by atoms with Crippen LogP contribution in [0.1, 0.15) is 23.6 Å². The fraction of sp³-hybridized carbons (Fsp3) is 0.174. The van der Waals surface area contributed by atoms with E-state index in [4.69, 9.17) is 11.6 Å². The number of carbonyl (C=O) groups is 1. The molecule has 4 rings (SSSR count). The Bertz CT molecular complexity index is 1130. The number of rotatable bonds is 6. The monoisotopic (exact) mass is 421 g/mol. The highest BCUT2D eigenvalue weighted by molar-refractivity contribution is 7.22. The highest BCUT2D eigenvalue weighted by Gasteiger charge is 2.21. The van der Waals surface area contributed by atoms with Crippen LogP contribution in [0.15, 0.2) is 67.0 Å². The van der Waals surface area contributed by atoms with Gasteiger partial charge in [-0.15, -0.1) is 0 Å². The standard InChI is InChI=1S/C23H20ClN3OS/c1-2-16-5-7-17(8-6-16)12-22(28)27(15-18-4-3-11-25-14-18)23-26-20-10-9-19(24)13-21(20)29-23/h3-11,13-14H,2,12,15H2,1H3. The van der Waals surface area contributed by atoms with Crippen LogP contribution >= 0.6 is 22.9 Å². The Kier molecular flexibility index (Phi) is 5.88. The number of carbonyl (C=O) groups excluding carboxylic acids is 1. The average Bonchev–Trinajstić information content (AvgIpc) is 3.16. The summed E-state index contributed by atoms with van der Waals surface area (Å²) in [4.78, 5) is 23.9. The molecule has 0 N–H and O–H groups in total. The zero-order valence-electron chi connectivity index (χ0n) is 16.0. The summed E-state index contributed by atoms with van der Waals surface area (Å²) in [5.41, 5.74) is 4.05. The van der Waals surface area contributed by atoms with E-state index < -0.39 is 0 Å². The van der Waals surface area contributed by atoms with E-state index in [0.717, 1.165) is 27.8 Å². The molecule has 0 unspecified atom stereocenters. The van der Waals surface area contributed by atoms with E-state index in [1.807, 2.05) is 42.5 Å². The van der Waals surface area contributed by atoms with Crippen molar-refractivity contribution in [2.24, 2.45) is 0 Å². The molecule has 29 heavy (non-hydrogen) atoms. The third-order valence-electron chi connectivity index (χ3n) is 4.72. The van der Waals surface area contributed by atoms with Gasteiger partial charge in [0.2, 0.25) is 5.91 Å². The van der Waals surface area contributed by atoms with Gasteiger partial charge in [0.25, 0.3) is 0 Å². The van der Waals surface area contributed by atoms with Crippen LogP contribution in [-0.4, -0.2) is 15.9 Å². The number of amides is 1. The van der Waals surface area contributed by atoms with Crippen LogP contribution in [0.2, 0.25) is 5.02 Å². The lowest BCUT2D eigenvalue weighted by atomic mass is 10.1. The fourth-order valence-corrected chi connectivity index (χ4v) is 4.36. The number of benzene rings is 2. The van der Waals surface area contributed by atoms with Crippen LogP contribution in [0, 0.1) is 0 Å². The summed E-state index contributed by atoms with van der Waals surface area (Å²) in [5, 5.41) is 1.33. The van der Waals surface area contributed by atoms with Crippen LogP contribution in [0.25, 0.3) is 10.2 Å². The van der Waals surface area contributed by atoms with E-state index in [1.165, 1.54) is 16.9 Å². The first kappa shape index (κ1) is 19.6. The van der Waals surface area contributed by atoms with Crippen molar-refractivity contribution in [3.63, 3.8) is 0 Å².